The number of unbranched alkanes of at least 4 members (excludes halogenated alkanes) is 1. The quantitative estimate of drug-likeness (QED) is 0.722. The molecule has 3 rings (SSSR count). The van der Waals surface area contributed by atoms with Crippen LogP contribution in [0, 0.1) is 5.92 Å². The van der Waals surface area contributed by atoms with Gasteiger partial charge < -0.3 is 11.1 Å². The smallest absolute Gasteiger partial charge is 0.261 e. The molecular formula is C18H24ClN3O3. The maximum atomic E-state index is 12.4. The lowest BCUT2D eigenvalue weighted by Crippen LogP contribution is -2.38. The summed E-state index contributed by atoms with van der Waals surface area (Å²) in [5.41, 5.74) is 7.06. The van der Waals surface area contributed by atoms with E-state index >= 15 is 0 Å². The van der Waals surface area contributed by atoms with Crippen LogP contribution in [0.2, 0.25) is 0 Å². The third-order valence-electron chi connectivity index (χ3n) is 4.69. The van der Waals surface area contributed by atoms with E-state index in [0.717, 1.165) is 25.7 Å². The van der Waals surface area contributed by atoms with Crippen molar-refractivity contribution in [3.05, 3.63) is 34.9 Å². The third-order valence-corrected chi connectivity index (χ3v) is 4.69. The molecule has 136 valence electrons. The van der Waals surface area contributed by atoms with Gasteiger partial charge in [0, 0.05) is 24.7 Å². The topological polar surface area (TPSA) is 92.5 Å². The normalized spacial score (nSPS) is 17.1. The standard InChI is InChI=1S/C18H23N3O3.ClH/c1-2-3-8-21-17(23)13-7-6-12(9-14(13)18(21)24)16(22)20-10-15(19)11-4-5-11;/h6-7,9,11,15H,2-5,8,10,19H2,1H3,(H,20,22);1H. The Hall–Kier alpha value is -1.92. The van der Waals surface area contributed by atoms with E-state index in [4.69, 9.17) is 5.73 Å². The van der Waals surface area contributed by atoms with Gasteiger partial charge in [0.25, 0.3) is 17.7 Å². The minimum absolute atomic E-state index is 0. The summed E-state index contributed by atoms with van der Waals surface area (Å²) < 4.78 is 0. The van der Waals surface area contributed by atoms with Gasteiger partial charge >= 0.3 is 0 Å². The summed E-state index contributed by atoms with van der Waals surface area (Å²) in [6.45, 7) is 2.85. The molecule has 1 aromatic carbocycles. The Balaban J connectivity index is 0.00000225. The van der Waals surface area contributed by atoms with E-state index in [-0.39, 0.29) is 36.2 Å². The lowest BCUT2D eigenvalue weighted by atomic mass is 10.1. The number of hydrogen-bond acceptors (Lipinski definition) is 4. The summed E-state index contributed by atoms with van der Waals surface area (Å²) >= 11 is 0. The van der Waals surface area contributed by atoms with Crippen molar-refractivity contribution in [1.29, 1.82) is 0 Å². The zero-order valence-corrected chi connectivity index (χ0v) is 15.1. The van der Waals surface area contributed by atoms with Crippen molar-refractivity contribution in [1.82, 2.24) is 10.2 Å². The van der Waals surface area contributed by atoms with Gasteiger partial charge in [0.05, 0.1) is 11.1 Å². The molecule has 6 nitrogen and oxygen atoms in total. The fourth-order valence-corrected chi connectivity index (χ4v) is 2.95. The molecule has 0 radical (unpaired) electrons. The number of rotatable bonds is 7. The van der Waals surface area contributed by atoms with Gasteiger partial charge in [-0.1, -0.05) is 13.3 Å². The van der Waals surface area contributed by atoms with E-state index in [1.54, 1.807) is 12.1 Å². The molecule has 0 bridgehead atoms. The number of carbonyl (C=O) groups is 3. The van der Waals surface area contributed by atoms with Crippen LogP contribution in [-0.2, 0) is 0 Å². The lowest BCUT2D eigenvalue weighted by molar-refractivity contribution is 0.0652. The lowest BCUT2D eigenvalue weighted by Gasteiger charge is -2.12. The van der Waals surface area contributed by atoms with Crippen LogP contribution < -0.4 is 11.1 Å². The van der Waals surface area contributed by atoms with Crippen LogP contribution in [0.4, 0.5) is 0 Å². The number of amides is 3. The minimum Gasteiger partial charge on any atom is -0.350 e. The van der Waals surface area contributed by atoms with Crippen molar-refractivity contribution in [2.75, 3.05) is 13.1 Å². The predicted molar refractivity (Wildman–Crippen MR) is 97.0 cm³/mol. The predicted octanol–water partition coefficient (Wildman–Crippen LogP) is 1.97. The van der Waals surface area contributed by atoms with E-state index < -0.39 is 0 Å². The SMILES string of the molecule is CCCCN1C(=O)c2ccc(C(=O)NCC(N)C3CC3)cc2C1=O.Cl. The van der Waals surface area contributed by atoms with Crippen molar-refractivity contribution in [2.24, 2.45) is 11.7 Å². The van der Waals surface area contributed by atoms with Crippen molar-refractivity contribution >= 4 is 30.1 Å². The van der Waals surface area contributed by atoms with Crippen LogP contribution in [0.15, 0.2) is 18.2 Å². The molecule has 1 unspecified atom stereocenters. The molecular weight excluding hydrogens is 342 g/mol. The number of halogens is 1. The number of imide groups is 1. The molecule has 0 saturated heterocycles. The average Bonchev–Trinajstić information content (AvgIpc) is 3.40. The van der Waals surface area contributed by atoms with E-state index in [1.807, 2.05) is 6.92 Å². The Kier molecular flexibility index (Phi) is 6.19. The molecule has 1 aliphatic heterocycles. The van der Waals surface area contributed by atoms with Crippen molar-refractivity contribution in [2.45, 2.75) is 38.6 Å². The molecule has 0 aromatic heterocycles. The number of nitrogens with one attached hydrogen (secondary N) is 1. The van der Waals surface area contributed by atoms with Crippen LogP contribution in [0.1, 0.15) is 63.7 Å². The van der Waals surface area contributed by atoms with Crippen LogP contribution in [0.3, 0.4) is 0 Å². The van der Waals surface area contributed by atoms with Crippen molar-refractivity contribution in [3.63, 3.8) is 0 Å². The zero-order chi connectivity index (χ0) is 17.3. The highest BCUT2D eigenvalue weighted by Gasteiger charge is 2.35. The van der Waals surface area contributed by atoms with Crippen LogP contribution >= 0.6 is 12.4 Å². The average molecular weight is 366 g/mol. The summed E-state index contributed by atoms with van der Waals surface area (Å²) in [5, 5.41) is 2.81. The number of benzene rings is 1. The first-order valence-corrected chi connectivity index (χ1v) is 8.57. The van der Waals surface area contributed by atoms with Crippen molar-refractivity contribution in [3.8, 4) is 0 Å². The fourth-order valence-electron chi connectivity index (χ4n) is 2.95. The Morgan fingerprint density at radius 3 is 2.60 bits per heavy atom. The Morgan fingerprint density at radius 1 is 1.28 bits per heavy atom. The first-order chi connectivity index (χ1) is 11.5. The number of carbonyl (C=O) groups excluding carboxylic acids is 3. The minimum atomic E-state index is -0.312. The second-order valence-electron chi connectivity index (χ2n) is 6.59. The molecule has 1 atom stereocenters. The Labute approximate surface area is 153 Å². The van der Waals surface area contributed by atoms with E-state index in [9.17, 15) is 14.4 Å². The molecule has 1 aromatic rings. The highest BCUT2D eigenvalue weighted by Crippen LogP contribution is 2.31. The second-order valence-corrected chi connectivity index (χ2v) is 6.59. The van der Waals surface area contributed by atoms with E-state index in [1.165, 1.54) is 11.0 Å². The summed E-state index contributed by atoms with van der Waals surface area (Å²) in [6.07, 6.45) is 3.93. The van der Waals surface area contributed by atoms with Gasteiger partial charge in [-0.25, -0.2) is 0 Å². The summed E-state index contributed by atoms with van der Waals surface area (Å²) in [4.78, 5) is 38.2. The second kappa shape index (κ2) is 7.97. The summed E-state index contributed by atoms with van der Waals surface area (Å²) in [6, 6.07) is 4.65. The van der Waals surface area contributed by atoms with Crippen LogP contribution in [0.25, 0.3) is 0 Å². The van der Waals surface area contributed by atoms with Crippen molar-refractivity contribution < 1.29 is 14.4 Å². The largest absolute Gasteiger partial charge is 0.350 e. The molecule has 7 heteroatoms. The number of fused-ring (bicyclic) bond motifs is 1. The molecule has 3 amide bonds. The van der Waals surface area contributed by atoms with E-state index in [2.05, 4.69) is 5.32 Å². The number of hydrogen-bond donors (Lipinski definition) is 2. The van der Waals surface area contributed by atoms with Gasteiger partial charge in [0.2, 0.25) is 0 Å². The molecule has 1 heterocycles. The third kappa shape index (κ3) is 4.02. The summed E-state index contributed by atoms with van der Waals surface area (Å²) in [7, 11) is 0. The van der Waals surface area contributed by atoms with Crippen LogP contribution in [-0.4, -0.2) is 41.8 Å². The monoisotopic (exact) mass is 365 g/mol. The highest BCUT2D eigenvalue weighted by atomic mass is 35.5. The molecule has 1 aliphatic carbocycles. The van der Waals surface area contributed by atoms with E-state index in [0.29, 0.717) is 35.7 Å². The summed E-state index contributed by atoms with van der Waals surface area (Å²) in [5.74, 6) is -0.336. The molecule has 25 heavy (non-hydrogen) atoms. The number of nitrogens with zero attached hydrogens (tertiary/aromatic N) is 1. The number of nitrogens with two attached hydrogens (primary N) is 1. The van der Waals surface area contributed by atoms with Gasteiger partial charge in [-0.15, -0.1) is 12.4 Å². The van der Waals surface area contributed by atoms with Gasteiger partial charge in [0.1, 0.15) is 0 Å². The molecule has 2 aliphatic rings. The van der Waals surface area contributed by atoms with Gasteiger partial charge in [-0.05, 0) is 43.4 Å². The maximum Gasteiger partial charge on any atom is 0.261 e. The fraction of sp³-hybridized carbons (Fsp3) is 0.500. The molecule has 1 fully saturated rings. The zero-order valence-electron chi connectivity index (χ0n) is 14.3. The Bertz CT molecular complexity index is 688. The van der Waals surface area contributed by atoms with Gasteiger partial charge in [-0.3, -0.25) is 19.3 Å². The first-order valence-electron chi connectivity index (χ1n) is 8.57. The van der Waals surface area contributed by atoms with Gasteiger partial charge in [0.15, 0.2) is 0 Å². The molecule has 0 spiro atoms. The first kappa shape index (κ1) is 19.4. The van der Waals surface area contributed by atoms with Crippen LogP contribution in [0.5, 0.6) is 0 Å². The highest BCUT2D eigenvalue weighted by molar-refractivity contribution is 6.22. The molecule has 3 N–H and O–H groups in total. The maximum absolute atomic E-state index is 12.4. The van der Waals surface area contributed by atoms with Gasteiger partial charge in [-0.2, -0.15) is 0 Å². The Morgan fingerprint density at radius 2 is 1.96 bits per heavy atom. The molecule has 1 saturated carbocycles.